The number of hydrogen-bond acceptors (Lipinski definition) is 3. The first-order valence-electron chi connectivity index (χ1n) is 7.42. The number of urea groups is 1. The lowest BCUT2D eigenvalue weighted by Crippen LogP contribution is -2.48. The molecule has 0 aromatic carbocycles. The Balaban J connectivity index is 1.87. The van der Waals surface area contributed by atoms with Crippen molar-refractivity contribution in [2.45, 2.75) is 31.7 Å². The number of carbonyl (C=O) groups excluding carboxylic acids is 1. The molecule has 1 N–H and O–H groups in total. The van der Waals surface area contributed by atoms with Gasteiger partial charge in [-0.05, 0) is 51.7 Å². The van der Waals surface area contributed by atoms with Crippen LogP contribution in [0.4, 0.5) is 4.79 Å². The Bertz CT molecular complexity index is 367. The molecule has 2 saturated heterocycles. The number of carboxylic acids is 1. The van der Waals surface area contributed by atoms with Gasteiger partial charge in [0.15, 0.2) is 0 Å². The Kier molecular flexibility index (Phi) is 4.86. The van der Waals surface area contributed by atoms with E-state index in [0.29, 0.717) is 18.9 Å². The number of amides is 2. The molecule has 2 amide bonds. The van der Waals surface area contributed by atoms with Gasteiger partial charge < -0.3 is 19.8 Å². The topological polar surface area (TPSA) is 64.1 Å². The third-order valence-corrected chi connectivity index (χ3v) is 4.48. The highest BCUT2D eigenvalue weighted by Gasteiger charge is 2.35. The third-order valence-electron chi connectivity index (χ3n) is 4.48. The number of nitrogens with zero attached hydrogens (tertiary/aromatic N) is 3. The van der Waals surface area contributed by atoms with Gasteiger partial charge in [-0.15, -0.1) is 0 Å². The summed E-state index contributed by atoms with van der Waals surface area (Å²) >= 11 is 0. The molecule has 114 valence electrons. The standard InChI is InChI=1S/C14H25N3O3/c1-15-8-5-11(6-9-15)10-16(2)14(20)17-7-3-4-12(17)13(18)19/h11-12H,3-10H2,1-2H3,(H,18,19)/t12-/m1/s1. The molecule has 2 fully saturated rings. The molecule has 0 radical (unpaired) electrons. The van der Waals surface area contributed by atoms with Gasteiger partial charge in [-0.1, -0.05) is 0 Å². The first-order valence-corrected chi connectivity index (χ1v) is 7.42. The average molecular weight is 283 g/mol. The molecule has 0 bridgehead atoms. The average Bonchev–Trinajstić information content (AvgIpc) is 2.90. The van der Waals surface area contributed by atoms with Crippen LogP contribution in [0.1, 0.15) is 25.7 Å². The van der Waals surface area contributed by atoms with Crippen LogP contribution in [-0.2, 0) is 4.79 Å². The molecule has 6 heteroatoms. The predicted octanol–water partition coefficient (Wildman–Crippen LogP) is 0.929. The Morgan fingerprint density at radius 3 is 2.45 bits per heavy atom. The summed E-state index contributed by atoms with van der Waals surface area (Å²) in [6.45, 7) is 3.45. The van der Waals surface area contributed by atoms with Crippen molar-refractivity contribution in [3.05, 3.63) is 0 Å². The molecule has 0 unspecified atom stereocenters. The SMILES string of the molecule is CN1CCC(CN(C)C(=O)N2CCC[C@@H]2C(=O)O)CC1. The van der Waals surface area contributed by atoms with Crippen LogP contribution >= 0.6 is 0 Å². The first kappa shape index (κ1) is 15.1. The monoisotopic (exact) mass is 283 g/mol. The van der Waals surface area contributed by atoms with E-state index in [4.69, 9.17) is 5.11 Å². The third kappa shape index (κ3) is 3.42. The van der Waals surface area contributed by atoms with Crippen LogP contribution in [-0.4, -0.2) is 78.1 Å². The number of rotatable bonds is 3. The second-order valence-corrected chi connectivity index (χ2v) is 6.10. The quantitative estimate of drug-likeness (QED) is 0.837. The van der Waals surface area contributed by atoms with E-state index in [0.717, 1.165) is 38.9 Å². The number of piperidine rings is 1. The fraction of sp³-hybridized carbons (Fsp3) is 0.857. The van der Waals surface area contributed by atoms with Crippen molar-refractivity contribution in [2.75, 3.05) is 40.3 Å². The van der Waals surface area contributed by atoms with E-state index < -0.39 is 12.0 Å². The molecule has 2 aliphatic rings. The number of carboxylic acid groups (broad SMARTS) is 1. The molecule has 0 aliphatic carbocycles. The van der Waals surface area contributed by atoms with Gasteiger partial charge in [-0.2, -0.15) is 0 Å². The molecular formula is C14H25N3O3. The van der Waals surface area contributed by atoms with Crippen LogP contribution < -0.4 is 0 Å². The minimum Gasteiger partial charge on any atom is -0.480 e. The summed E-state index contributed by atoms with van der Waals surface area (Å²) in [5, 5.41) is 9.15. The van der Waals surface area contributed by atoms with Gasteiger partial charge in [0.05, 0.1) is 0 Å². The lowest BCUT2D eigenvalue weighted by molar-refractivity contribution is -0.141. The predicted molar refractivity (Wildman–Crippen MR) is 75.6 cm³/mol. The summed E-state index contributed by atoms with van der Waals surface area (Å²) < 4.78 is 0. The highest BCUT2D eigenvalue weighted by molar-refractivity contribution is 5.83. The van der Waals surface area contributed by atoms with Gasteiger partial charge in [0.25, 0.3) is 0 Å². The van der Waals surface area contributed by atoms with E-state index in [1.165, 1.54) is 4.90 Å². The van der Waals surface area contributed by atoms with Gasteiger partial charge >= 0.3 is 12.0 Å². The summed E-state index contributed by atoms with van der Waals surface area (Å²) in [6.07, 6.45) is 3.57. The van der Waals surface area contributed by atoms with Crippen molar-refractivity contribution in [1.29, 1.82) is 0 Å². The van der Waals surface area contributed by atoms with Crippen LogP contribution in [0.15, 0.2) is 0 Å². The number of hydrogen-bond donors (Lipinski definition) is 1. The molecular weight excluding hydrogens is 258 g/mol. The van der Waals surface area contributed by atoms with Gasteiger partial charge in [0.1, 0.15) is 6.04 Å². The summed E-state index contributed by atoms with van der Waals surface area (Å²) in [7, 11) is 3.91. The van der Waals surface area contributed by atoms with Crippen molar-refractivity contribution >= 4 is 12.0 Å². The van der Waals surface area contributed by atoms with Crippen LogP contribution in [0.25, 0.3) is 0 Å². The molecule has 2 rings (SSSR count). The van der Waals surface area contributed by atoms with Crippen LogP contribution in [0.5, 0.6) is 0 Å². The summed E-state index contributed by atoms with van der Waals surface area (Å²) in [4.78, 5) is 29.0. The summed E-state index contributed by atoms with van der Waals surface area (Å²) in [5.41, 5.74) is 0. The second-order valence-electron chi connectivity index (χ2n) is 6.10. The molecule has 6 nitrogen and oxygen atoms in total. The van der Waals surface area contributed by atoms with E-state index in [1.54, 1.807) is 11.9 Å². The Morgan fingerprint density at radius 2 is 1.85 bits per heavy atom. The first-order chi connectivity index (χ1) is 9.49. The second kappa shape index (κ2) is 6.43. The molecule has 0 aromatic rings. The van der Waals surface area contributed by atoms with Crippen LogP contribution in [0, 0.1) is 5.92 Å². The highest BCUT2D eigenvalue weighted by Crippen LogP contribution is 2.21. The molecule has 1 atom stereocenters. The zero-order valence-corrected chi connectivity index (χ0v) is 12.4. The van der Waals surface area contributed by atoms with Crippen molar-refractivity contribution in [1.82, 2.24) is 14.7 Å². The largest absolute Gasteiger partial charge is 0.480 e. The van der Waals surface area contributed by atoms with Crippen LogP contribution in [0.3, 0.4) is 0 Å². The maximum atomic E-state index is 12.4. The van der Waals surface area contributed by atoms with E-state index >= 15 is 0 Å². The van der Waals surface area contributed by atoms with E-state index in [9.17, 15) is 9.59 Å². The lowest BCUT2D eigenvalue weighted by Gasteiger charge is -2.33. The van der Waals surface area contributed by atoms with Gasteiger partial charge in [-0.3, -0.25) is 0 Å². The fourth-order valence-corrected chi connectivity index (χ4v) is 3.18. The zero-order valence-electron chi connectivity index (χ0n) is 12.4. The van der Waals surface area contributed by atoms with E-state index in [-0.39, 0.29) is 6.03 Å². The fourth-order valence-electron chi connectivity index (χ4n) is 3.18. The Morgan fingerprint density at radius 1 is 1.20 bits per heavy atom. The highest BCUT2D eigenvalue weighted by atomic mass is 16.4. The van der Waals surface area contributed by atoms with Gasteiger partial charge in [-0.25, -0.2) is 9.59 Å². The maximum Gasteiger partial charge on any atom is 0.326 e. The van der Waals surface area contributed by atoms with Crippen molar-refractivity contribution < 1.29 is 14.7 Å². The molecule has 0 saturated carbocycles. The van der Waals surface area contributed by atoms with E-state index in [1.807, 2.05) is 0 Å². The minimum absolute atomic E-state index is 0.131. The molecule has 2 heterocycles. The zero-order chi connectivity index (χ0) is 14.7. The molecule has 20 heavy (non-hydrogen) atoms. The van der Waals surface area contributed by atoms with Crippen molar-refractivity contribution in [2.24, 2.45) is 5.92 Å². The molecule has 2 aliphatic heterocycles. The summed E-state index contributed by atoms with van der Waals surface area (Å²) in [6, 6.07) is -0.767. The molecule has 0 aromatic heterocycles. The summed E-state index contributed by atoms with van der Waals surface area (Å²) in [5.74, 6) is -0.352. The maximum absolute atomic E-state index is 12.4. The Labute approximate surface area is 120 Å². The van der Waals surface area contributed by atoms with Crippen molar-refractivity contribution in [3.8, 4) is 0 Å². The minimum atomic E-state index is -0.886. The van der Waals surface area contributed by atoms with Gasteiger partial charge in [0, 0.05) is 20.1 Å². The van der Waals surface area contributed by atoms with Gasteiger partial charge in [0.2, 0.25) is 0 Å². The lowest BCUT2D eigenvalue weighted by atomic mass is 9.97. The van der Waals surface area contributed by atoms with Crippen molar-refractivity contribution in [3.63, 3.8) is 0 Å². The number of likely N-dealkylation sites (tertiary alicyclic amines) is 2. The molecule has 0 spiro atoms. The Hall–Kier alpha value is -1.30. The normalized spacial score (nSPS) is 24.9. The smallest absolute Gasteiger partial charge is 0.326 e. The van der Waals surface area contributed by atoms with E-state index in [2.05, 4.69) is 11.9 Å². The number of carbonyl (C=O) groups is 2. The van der Waals surface area contributed by atoms with Crippen LogP contribution in [0.2, 0.25) is 0 Å². The number of aliphatic carboxylic acids is 1.